The summed E-state index contributed by atoms with van der Waals surface area (Å²) in [6.45, 7) is -0.400. The fraction of sp³-hybridized carbons (Fsp3) is 0.263. The predicted octanol–water partition coefficient (Wildman–Crippen LogP) is 2.19. The lowest BCUT2D eigenvalue weighted by molar-refractivity contribution is -0.121. The number of hydrogen-bond acceptors (Lipinski definition) is 6. The average molecular weight is 439 g/mol. The molecule has 0 atom stereocenters. The quantitative estimate of drug-likeness (QED) is 0.504. The van der Waals surface area contributed by atoms with Gasteiger partial charge in [-0.1, -0.05) is 23.7 Å². The van der Waals surface area contributed by atoms with Crippen molar-refractivity contribution in [1.82, 2.24) is 9.73 Å². The molecule has 0 radical (unpaired) electrons. The van der Waals surface area contributed by atoms with Crippen LogP contribution in [-0.4, -0.2) is 59.6 Å². The first-order valence-electron chi connectivity index (χ1n) is 8.54. The van der Waals surface area contributed by atoms with Gasteiger partial charge in [0.25, 0.3) is 5.91 Å². The van der Waals surface area contributed by atoms with E-state index in [2.05, 4.69) is 10.5 Å². The molecule has 0 aliphatic rings. The molecule has 0 saturated carbocycles. The lowest BCUT2D eigenvalue weighted by Gasteiger charge is -2.16. The summed E-state index contributed by atoms with van der Waals surface area (Å²) in [4.78, 5) is 14.0. The Morgan fingerprint density at radius 1 is 1.17 bits per heavy atom. The average Bonchev–Trinajstić information content (AvgIpc) is 2.68. The lowest BCUT2D eigenvalue weighted by Crippen LogP contribution is -2.36. The van der Waals surface area contributed by atoms with Crippen LogP contribution in [0.1, 0.15) is 5.56 Å². The molecule has 2 aromatic rings. The number of benzene rings is 2. The number of methoxy groups -OCH3 is 1. The highest BCUT2D eigenvalue weighted by Crippen LogP contribution is 2.28. The molecule has 0 aromatic heterocycles. The summed E-state index contributed by atoms with van der Waals surface area (Å²) in [5, 5.41) is 4.03. The predicted molar refractivity (Wildman–Crippen MR) is 114 cm³/mol. The maximum absolute atomic E-state index is 12.6. The normalized spacial score (nSPS) is 11.7. The standard InChI is InChI=1S/C19H23ClN4O4S/c1-23(2)15-7-5-14(6-8-15)12-21-22-19(25)13-24(3)29(26,27)16-9-10-18(28-4)17(20)11-16/h5-12H,13H2,1-4H3,(H,22,25). The summed E-state index contributed by atoms with van der Waals surface area (Å²) in [6.07, 6.45) is 1.48. The molecule has 0 saturated heterocycles. The van der Waals surface area contributed by atoms with Crippen LogP contribution in [-0.2, 0) is 14.8 Å². The number of sulfonamides is 1. The van der Waals surface area contributed by atoms with E-state index in [0.29, 0.717) is 5.75 Å². The van der Waals surface area contributed by atoms with Gasteiger partial charge >= 0.3 is 0 Å². The Bertz CT molecular complexity index is 992. The van der Waals surface area contributed by atoms with E-state index in [-0.39, 0.29) is 9.92 Å². The Labute approximate surface area is 175 Å². The molecule has 0 fully saturated rings. The van der Waals surface area contributed by atoms with Crippen LogP contribution in [0.5, 0.6) is 5.75 Å². The number of hydrogen-bond donors (Lipinski definition) is 1. The molecule has 8 nitrogen and oxygen atoms in total. The Kier molecular flexibility index (Phi) is 7.60. The minimum absolute atomic E-state index is 0.0388. The highest BCUT2D eigenvalue weighted by molar-refractivity contribution is 7.89. The van der Waals surface area contributed by atoms with E-state index in [0.717, 1.165) is 15.6 Å². The molecule has 0 unspecified atom stereocenters. The molecule has 29 heavy (non-hydrogen) atoms. The van der Waals surface area contributed by atoms with Crippen molar-refractivity contribution < 1.29 is 17.9 Å². The van der Waals surface area contributed by atoms with E-state index in [1.165, 1.54) is 38.6 Å². The van der Waals surface area contributed by atoms with Gasteiger partial charge in [-0.25, -0.2) is 13.8 Å². The summed E-state index contributed by atoms with van der Waals surface area (Å²) in [5.41, 5.74) is 4.16. The van der Waals surface area contributed by atoms with Gasteiger partial charge in [-0.3, -0.25) is 4.79 Å². The molecule has 0 aliphatic carbocycles. The number of anilines is 1. The zero-order valence-electron chi connectivity index (χ0n) is 16.6. The highest BCUT2D eigenvalue weighted by atomic mass is 35.5. The van der Waals surface area contributed by atoms with Gasteiger partial charge in [0.15, 0.2) is 0 Å². The van der Waals surface area contributed by atoms with Gasteiger partial charge in [0.1, 0.15) is 5.75 Å². The molecule has 2 rings (SSSR count). The molecule has 1 N–H and O–H groups in total. The second-order valence-corrected chi connectivity index (χ2v) is 8.79. The molecule has 0 spiro atoms. The number of halogens is 1. The number of amides is 1. The Balaban J connectivity index is 1.97. The second-order valence-electron chi connectivity index (χ2n) is 6.34. The first-order chi connectivity index (χ1) is 13.6. The summed E-state index contributed by atoms with van der Waals surface area (Å²) >= 11 is 5.99. The fourth-order valence-electron chi connectivity index (χ4n) is 2.35. The van der Waals surface area contributed by atoms with Crippen LogP contribution in [0.4, 0.5) is 5.69 Å². The third-order valence-corrected chi connectivity index (χ3v) is 6.10. The monoisotopic (exact) mass is 438 g/mol. The maximum atomic E-state index is 12.6. The third-order valence-electron chi connectivity index (χ3n) is 4.01. The van der Waals surface area contributed by atoms with Crippen LogP contribution < -0.4 is 15.1 Å². The van der Waals surface area contributed by atoms with Gasteiger partial charge in [0, 0.05) is 26.8 Å². The van der Waals surface area contributed by atoms with Crippen molar-refractivity contribution in [2.75, 3.05) is 39.7 Å². The largest absolute Gasteiger partial charge is 0.495 e. The van der Waals surface area contributed by atoms with Crippen molar-refractivity contribution in [2.24, 2.45) is 5.10 Å². The van der Waals surface area contributed by atoms with E-state index in [1.807, 2.05) is 43.3 Å². The van der Waals surface area contributed by atoms with Crippen LogP contribution in [0.15, 0.2) is 52.5 Å². The molecular weight excluding hydrogens is 416 g/mol. The zero-order valence-corrected chi connectivity index (χ0v) is 18.2. The molecule has 156 valence electrons. The maximum Gasteiger partial charge on any atom is 0.255 e. The van der Waals surface area contributed by atoms with E-state index in [1.54, 1.807) is 0 Å². The molecule has 0 heterocycles. The topological polar surface area (TPSA) is 91.3 Å². The summed E-state index contributed by atoms with van der Waals surface area (Å²) in [7, 11) is 2.72. The molecule has 0 bridgehead atoms. The van der Waals surface area contributed by atoms with E-state index in [9.17, 15) is 13.2 Å². The van der Waals surface area contributed by atoms with Gasteiger partial charge in [0.05, 0.1) is 29.8 Å². The minimum Gasteiger partial charge on any atom is -0.495 e. The van der Waals surface area contributed by atoms with Gasteiger partial charge < -0.3 is 9.64 Å². The highest BCUT2D eigenvalue weighted by Gasteiger charge is 2.23. The number of carbonyl (C=O) groups excluding carboxylic acids is 1. The van der Waals surface area contributed by atoms with Crippen LogP contribution in [0, 0.1) is 0 Å². The van der Waals surface area contributed by atoms with E-state index >= 15 is 0 Å². The SMILES string of the molecule is COc1ccc(S(=O)(=O)N(C)CC(=O)NN=Cc2ccc(N(C)C)cc2)cc1Cl. The first kappa shape index (κ1) is 22.7. The third kappa shape index (κ3) is 5.93. The minimum atomic E-state index is -3.90. The number of nitrogens with one attached hydrogen (secondary N) is 1. The Morgan fingerprint density at radius 2 is 1.83 bits per heavy atom. The molecule has 10 heteroatoms. The number of likely N-dealkylation sites (N-methyl/N-ethyl adjacent to an activating group) is 1. The van der Waals surface area contributed by atoms with Gasteiger partial charge in [-0.05, 0) is 35.9 Å². The summed E-state index contributed by atoms with van der Waals surface area (Å²) < 4.78 is 31.1. The van der Waals surface area contributed by atoms with Crippen LogP contribution in [0.3, 0.4) is 0 Å². The Morgan fingerprint density at radius 3 is 2.38 bits per heavy atom. The summed E-state index contributed by atoms with van der Waals surface area (Å²) in [5.74, 6) is -0.212. The van der Waals surface area contributed by atoms with Crippen LogP contribution in [0.2, 0.25) is 5.02 Å². The molecule has 1 amide bonds. The molecule has 2 aromatic carbocycles. The van der Waals surface area contributed by atoms with Crippen LogP contribution >= 0.6 is 11.6 Å². The number of ether oxygens (including phenoxy) is 1. The van der Waals surface area contributed by atoms with Crippen molar-refractivity contribution in [1.29, 1.82) is 0 Å². The van der Waals surface area contributed by atoms with Crippen molar-refractivity contribution in [3.8, 4) is 5.75 Å². The van der Waals surface area contributed by atoms with Gasteiger partial charge in [0.2, 0.25) is 10.0 Å². The first-order valence-corrected chi connectivity index (χ1v) is 10.4. The Hall–Kier alpha value is -2.62. The second kappa shape index (κ2) is 9.73. The van der Waals surface area contributed by atoms with Crippen molar-refractivity contribution in [3.05, 3.63) is 53.1 Å². The fourth-order valence-corrected chi connectivity index (χ4v) is 3.82. The number of carbonyl (C=O) groups is 1. The molecule has 0 aliphatic heterocycles. The smallest absolute Gasteiger partial charge is 0.255 e. The van der Waals surface area contributed by atoms with Gasteiger partial charge in [-0.15, -0.1) is 0 Å². The summed E-state index contributed by atoms with van der Waals surface area (Å²) in [6, 6.07) is 11.6. The van der Waals surface area contributed by atoms with Crippen molar-refractivity contribution in [2.45, 2.75) is 4.90 Å². The van der Waals surface area contributed by atoms with Crippen molar-refractivity contribution in [3.63, 3.8) is 0 Å². The molecular formula is C19H23ClN4O4S. The van der Waals surface area contributed by atoms with E-state index in [4.69, 9.17) is 16.3 Å². The zero-order chi connectivity index (χ0) is 21.6. The number of hydrazone groups is 1. The lowest BCUT2D eigenvalue weighted by atomic mass is 10.2. The number of rotatable bonds is 8. The van der Waals surface area contributed by atoms with Gasteiger partial charge in [-0.2, -0.15) is 9.41 Å². The van der Waals surface area contributed by atoms with E-state index < -0.39 is 22.5 Å². The van der Waals surface area contributed by atoms with Crippen molar-refractivity contribution >= 4 is 39.4 Å². The number of nitrogens with zero attached hydrogens (tertiary/aromatic N) is 3. The van der Waals surface area contributed by atoms with Crippen LogP contribution in [0.25, 0.3) is 0 Å².